The Morgan fingerprint density at radius 3 is 2.46 bits per heavy atom. The lowest BCUT2D eigenvalue weighted by molar-refractivity contribution is 0.187. The van der Waals surface area contributed by atoms with E-state index in [1.807, 2.05) is 36.4 Å². The number of nitrogens with one attached hydrogen (secondary N) is 2. The predicted molar refractivity (Wildman–Crippen MR) is 95.4 cm³/mol. The SMILES string of the molecule is CC(C)(CO)NC(=O)Nc1ccccc1OCCc1ccccc1. The molecule has 0 fully saturated rings. The largest absolute Gasteiger partial charge is 0.491 e. The number of aliphatic hydroxyl groups is 1. The number of hydrogen-bond acceptors (Lipinski definition) is 3. The van der Waals surface area contributed by atoms with Gasteiger partial charge < -0.3 is 20.5 Å². The molecule has 0 saturated carbocycles. The van der Waals surface area contributed by atoms with Gasteiger partial charge in [0.2, 0.25) is 0 Å². The first-order chi connectivity index (χ1) is 11.5. The van der Waals surface area contributed by atoms with E-state index in [1.165, 1.54) is 5.56 Å². The number of aliphatic hydroxyl groups excluding tert-OH is 1. The first-order valence-electron chi connectivity index (χ1n) is 7.96. The minimum atomic E-state index is -0.687. The number of hydrogen-bond donors (Lipinski definition) is 3. The first kappa shape index (κ1) is 17.8. The Bertz CT molecular complexity index is 657. The molecule has 5 heteroatoms. The normalized spacial score (nSPS) is 11.0. The lowest BCUT2D eigenvalue weighted by atomic mass is 10.1. The smallest absolute Gasteiger partial charge is 0.319 e. The quantitative estimate of drug-likeness (QED) is 0.731. The highest BCUT2D eigenvalue weighted by Gasteiger charge is 2.19. The molecule has 128 valence electrons. The number of anilines is 1. The average molecular weight is 328 g/mol. The fourth-order valence-corrected chi connectivity index (χ4v) is 2.12. The number of urea groups is 1. The van der Waals surface area contributed by atoms with Crippen LogP contribution < -0.4 is 15.4 Å². The Morgan fingerprint density at radius 1 is 1.08 bits per heavy atom. The molecule has 0 radical (unpaired) electrons. The summed E-state index contributed by atoms with van der Waals surface area (Å²) in [6, 6.07) is 17.0. The fourth-order valence-electron chi connectivity index (χ4n) is 2.12. The van der Waals surface area contributed by atoms with Gasteiger partial charge in [-0.3, -0.25) is 0 Å². The van der Waals surface area contributed by atoms with E-state index in [0.717, 1.165) is 6.42 Å². The molecule has 0 atom stereocenters. The van der Waals surface area contributed by atoms with Crippen molar-refractivity contribution in [2.75, 3.05) is 18.5 Å². The summed E-state index contributed by atoms with van der Waals surface area (Å²) >= 11 is 0. The van der Waals surface area contributed by atoms with Gasteiger partial charge in [0.25, 0.3) is 0 Å². The van der Waals surface area contributed by atoms with Gasteiger partial charge in [-0.15, -0.1) is 0 Å². The third-order valence-electron chi connectivity index (χ3n) is 3.47. The van der Waals surface area contributed by atoms with Crippen LogP contribution in [-0.2, 0) is 6.42 Å². The lowest BCUT2D eigenvalue weighted by Gasteiger charge is -2.24. The van der Waals surface area contributed by atoms with Gasteiger partial charge in [0.1, 0.15) is 5.75 Å². The Hall–Kier alpha value is -2.53. The molecule has 0 aliphatic carbocycles. The molecule has 0 aliphatic heterocycles. The second kappa shape index (κ2) is 8.36. The van der Waals surface area contributed by atoms with Gasteiger partial charge in [-0.25, -0.2) is 4.79 Å². The van der Waals surface area contributed by atoms with Gasteiger partial charge in [-0.05, 0) is 31.5 Å². The van der Waals surface area contributed by atoms with Crippen LogP contribution in [0.1, 0.15) is 19.4 Å². The number of amides is 2. The van der Waals surface area contributed by atoms with Crippen LogP contribution in [0, 0.1) is 0 Å². The number of ether oxygens (including phenoxy) is 1. The summed E-state index contributed by atoms with van der Waals surface area (Å²) in [4.78, 5) is 12.0. The van der Waals surface area contributed by atoms with Crippen molar-refractivity contribution in [3.63, 3.8) is 0 Å². The maximum atomic E-state index is 12.0. The van der Waals surface area contributed by atoms with Gasteiger partial charge in [0, 0.05) is 6.42 Å². The molecular formula is C19H24N2O3. The summed E-state index contributed by atoms with van der Waals surface area (Å²) < 4.78 is 5.81. The van der Waals surface area contributed by atoms with Crippen LogP contribution in [0.3, 0.4) is 0 Å². The number of rotatable bonds is 7. The van der Waals surface area contributed by atoms with Crippen molar-refractivity contribution < 1.29 is 14.6 Å². The molecule has 0 unspecified atom stereocenters. The fraction of sp³-hybridized carbons (Fsp3) is 0.316. The number of carbonyl (C=O) groups excluding carboxylic acids is 1. The van der Waals surface area contributed by atoms with Crippen LogP contribution in [0.5, 0.6) is 5.75 Å². The van der Waals surface area contributed by atoms with E-state index in [0.29, 0.717) is 18.0 Å². The van der Waals surface area contributed by atoms with Crippen LogP contribution in [-0.4, -0.2) is 29.9 Å². The van der Waals surface area contributed by atoms with Crippen molar-refractivity contribution in [1.82, 2.24) is 5.32 Å². The standard InChI is InChI=1S/C19H24N2O3/c1-19(2,14-22)21-18(23)20-16-10-6-7-11-17(16)24-13-12-15-8-4-3-5-9-15/h3-11,22H,12-14H2,1-2H3,(H2,20,21,23). The predicted octanol–water partition coefficient (Wildman–Crippen LogP) is 3.20. The van der Waals surface area contributed by atoms with E-state index >= 15 is 0 Å². The molecule has 0 bridgehead atoms. The van der Waals surface area contributed by atoms with Crippen molar-refractivity contribution in [2.24, 2.45) is 0 Å². The van der Waals surface area contributed by atoms with Gasteiger partial charge >= 0.3 is 6.03 Å². The molecule has 0 heterocycles. The minimum Gasteiger partial charge on any atom is -0.491 e. The Morgan fingerprint density at radius 2 is 1.75 bits per heavy atom. The minimum absolute atomic E-state index is 0.143. The van der Waals surface area contributed by atoms with Gasteiger partial charge in [0.05, 0.1) is 24.4 Å². The molecule has 2 aromatic rings. The molecule has 0 saturated heterocycles. The van der Waals surface area contributed by atoms with Crippen molar-refractivity contribution >= 4 is 11.7 Å². The molecule has 2 aromatic carbocycles. The highest BCUT2D eigenvalue weighted by atomic mass is 16.5. The summed E-state index contributed by atoms with van der Waals surface area (Å²) in [6.45, 7) is 3.87. The molecule has 3 N–H and O–H groups in total. The molecule has 2 rings (SSSR count). The van der Waals surface area contributed by atoms with Crippen molar-refractivity contribution in [3.8, 4) is 5.75 Å². The van der Waals surface area contributed by atoms with Crippen molar-refractivity contribution in [3.05, 3.63) is 60.2 Å². The third-order valence-corrected chi connectivity index (χ3v) is 3.47. The molecule has 0 aliphatic rings. The van der Waals surface area contributed by atoms with Gasteiger partial charge in [-0.2, -0.15) is 0 Å². The van der Waals surface area contributed by atoms with Crippen molar-refractivity contribution in [1.29, 1.82) is 0 Å². The highest BCUT2D eigenvalue weighted by Crippen LogP contribution is 2.24. The molecule has 5 nitrogen and oxygen atoms in total. The van der Waals surface area contributed by atoms with E-state index < -0.39 is 5.54 Å². The summed E-state index contributed by atoms with van der Waals surface area (Å²) in [5.41, 5.74) is 1.11. The van der Waals surface area contributed by atoms with Crippen LogP contribution in [0.2, 0.25) is 0 Å². The van der Waals surface area contributed by atoms with Crippen LogP contribution in [0.25, 0.3) is 0 Å². The van der Waals surface area contributed by atoms with E-state index in [1.54, 1.807) is 19.9 Å². The van der Waals surface area contributed by atoms with Crippen LogP contribution >= 0.6 is 0 Å². The molecular weight excluding hydrogens is 304 g/mol. The average Bonchev–Trinajstić information content (AvgIpc) is 2.57. The second-order valence-corrected chi connectivity index (χ2v) is 6.20. The van der Waals surface area contributed by atoms with E-state index in [2.05, 4.69) is 22.8 Å². The molecule has 24 heavy (non-hydrogen) atoms. The monoisotopic (exact) mass is 328 g/mol. The summed E-state index contributed by atoms with van der Waals surface area (Å²) in [5, 5.41) is 14.7. The maximum absolute atomic E-state index is 12.0. The van der Waals surface area contributed by atoms with Gasteiger partial charge in [-0.1, -0.05) is 42.5 Å². The molecule has 0 spiro atoms. The highest BCUT2D eigenvalue weighted by molar-refractivity contribution is 5.91. The zero-order chi connectivity index (χ0) is 17.4. The van der Waals surface area contributed by atoms with E-state index in [-0.39, 0.29) is 12.6 Å². The molecule has 0 aromatic heterocycles. The van der Waals surface area contributed by atoms with Crippen LogP contribution in [0.4, 0.5) is 10.5 Å². The number of benzene rings is 2. The summed E-state index contributed by atoms with van der Waals surface area (Å²) in [5.74, 6) is 0.616. The Labute approximate surface area is 142 Å². The van der Waals surface area contributed by atoms with Gasteiger partial charge in [0.15, 0.2) is 0 Å². The number of carbonyl (C=O) groups is 1. The van der Waals surface area contributed by atoms with E-state index in [4.69, 9.17) is 4.74 Å². The zero-order valence-electron chi connectivity index (χ0n) is 14.1. The summed E-state index contributed by atoms with van der Waals surface area (Å²) in [6.07, 6.45) is 0.791. The third kappa shape index (κ3) is 5.59. The van der Waals surface area contributed by atoms with Crippen LogP contribution in [0.15, 0.2) is 54.6 Å². The first-order valence-corrected chi connectivity index (χ1v) is 7.96. The topological polar surface area (TPSA) is 70.6 Å². The molecule has 2 amide bonds. The lowest BCUT2D eigenvalue weighted by Crippen LogP contribution is -2.48. The maximum Gasteiger partial charge on any atom is 0.319 e. The van der Waals surface area contributed by atoms with E-state index in [9.17, 15) is 9.90 Å². The zero-order valence-corrected chi connectivity index (χ0v) is 14.1. The number of para-hydroxylation sites is 2. The second-order valence-electron chi connectivity index (χ2n) is 6.20. The van der Waals surface area contributed by atoms with Crippen molar-refractivity contribution in [2.45, 2.75) is 25.8 Å². The Kier molecular flexibility index (Phi) is 6.21. The summed E-state index contributed by atoms with van der Waals surface area (Å²) in [7, 11) is 0. The Balaban J connectivity index is 1.93.